The summed E-state index contributed by atoms with van der Waals surface area (Å²) in [5.41, 5.74) is 2.99. The van der Waals surface area contributed by atoms with E-state index in [0.717, 1.165) is 32.8 Å². The first kappa shape index (κ1) is 15.8. The van der Waals surface area contributed by atoms with Gasteiger partial charge in [-0.15, -0.1) is 0 Å². The number of pyridine rings is 3. The van der Waals surface area contributed by atoms with Crippen molar-refractivity contribution in [3.63, 3.8) is 0 Å². The van der Waals surface area contributed by atoms with Gasteiger partial charge in [0, 0.05) is 46.3 Å². The molecule has 7 heteroatoms. The molecular formula is C20H14ClN5O. The van der Waals surface area contributed by atoms with Crippen molar-refractivity contribution in [3.8, 4) is 0 Å². The topological polar surface area (TPSA) is 86.5 Å². The van der Waals surface area contributed by atoms with Gasteiger partial charge in [-0.3, -0.25) is 9.78 Å². The lowest BCUT2D eigenvalue weighted by atomic mass is 10.1. The van der Waals surface area contributed by atoms with Crippen LogP contribution in [-0.2, 0) is 6.54 Å². The average Bonchev–Trinajstić information content (AvgIpc) is 3.06. The van der Waals surface area contributed by atoms with Gasteiger partial charge in [-0.05, 0) is 29.8 Å². The normalized spacial score (nSPS) is 11.4. The summed E-state index contributed by atoms with van der Waals surface area (Å²) in [6.45, 7) is 0.575. The molecule has 0 bridgehead atoms. The lowest BCUT2D eigenvalue weighted by molar-refractivity contribution is 1.13. The molecule has 0 spiro atoms. The molecule has 27 heavy (non-hydrogen) atoms. The van der Waals surface area contributed by atoms with Gasteiger partial charge < -0.3 is 15.3 Å². The molecule has 0 aliphatic rings. The minimum absolute atomic E-state index is 0.166. The zero-order valence-electron chi connectivity index (χ0n) is 14.1. The second-order valence-corrected chi connectivity index (χ2v) is 6.75. The molecule has 5 aromatic rings. The summed E-state index contributed by atoms with van der Waals surface area (Å²) in [7, 11) is 0. The van der Waals surface area contributed by atoms with E-state index >= 15 is 0 Å². The fourth-order valence-electron chi connectivity index (χ4n) is 3.37. The number of nitrogens with zero attached hydrogens (tertiary/aromatic N) is 2. The largest absolute Gasteiger partial charge is 0.365 e. The molecule has 6 nitrogen and oxygen atoms in total. The minimum Gasteiger partial charge on any atom is -0.365 e. The van der Waals surface area contributed by atoms with Crippen LogP contribution in [0.5, 0.6) is 0 Å². The van der Waals surface area contributed by atoms with Crippen LogP contribution in [0.4, 0.5) is 5.82 Å². The van der Waals surface area contributed by atoms with Crippen molar-refractivity contribution in [2.75, 3.05) is 5.32 Å². The Balaban J connectivity index is 1.72. The van der Waals surface area contributed by atoms with E-state index < -0.39 is 0 Å². The molecule has 0 atom stereocenters. The Labute approximate surface area is 158 Å². The lowest BCUT2D eigenvalue weighted by Gasteiger charge is -2.10. The summed E-state index contributed by atoms with van der Waals surface area (Å²) < 4.78 is 0. The number of H-pyrrole nitrogens is 2. The standard InChI is InChI=1S/C20H14ClN5O/c21-12-3-1-2-11(8-12)9-24-19-15-10-22-6-4-13(15)16-17(26-19)14-5-7-23-20(27)18(14)25-16/h1-8,10,25H,9H2,(H,23,27)(H,24,26). The molecule has 1 aromatic carbocycles. The maximum absolute atomic E-state index is 12.2. The first-order valence-corrected chi connectivity index (χ1v) is 8.83. The van der Waals surface area contributed by atoms with Crippen LogP contribution in [0.25, 0.3) is 32.7 Å². The number of anilines is 1. The minimum atomic E-state index is -0.166. The molecule has 0 aliphatic carbocycles. The monoisotopic (exact) mass is 375 g/mol. The van der Waals surface area contributed by atoms with Gasteiger partial charge in [-0.2, -0.15) is 0 Å². The van der Waals surface area contributed by atoms with E-state index in [1.165, 1.54) is 0 Å². The highest BCUT2D eigenvalue weighted by Crippen LogP contribution is 2.32. The van der Waals surface area contributed by atoms with E-state index in [1.807, 2.05) is 36.4 Å². The van der Waals surface area contributed by atoms with Crippen LogP contribution in [0, 0.1) is 0 Å². The first-order chi connectivity index (χ1) is 13.2. The number of hydrogen-bond acceptors (Lipinski definition) is 4. The second kappa shape index (κ2) is 6.10. The van der Waals surface area contributed by atoms with Crippen LogP contribution >= 0.6 is 11.6 Å². The number of aromatic nitrogens is 4. The van der Waals surface area contributed by atoms with E-state index in [-0.39, 0.29) is 5.56 Å². The Hall–Kier alpha value is -3.38. The Kier molecular flexibility index (Phi) is 3.58. The number of rotatable bonds is 3. The predicted octanol–water partition coefficient (Wildman–Crippen LogP) is 4.22. The molecule has 0 fully saturated rings. The van der Waals surface area contributed by atoms with Crippen molar-refractivity contribution in [2.24, 2.45) is 0 Å². The van der Waals surface area contributed by atoms with Crippen LogP contribution in [0.3, 0.4) is 0 Å². The molecule has 0 amide bonds. The summed E-state index contributed by atoms with van der Waals surface area (Å²) in [6, 6.07) is 11.5. The van der Waals surface area contributed by atoms with Crippen molar-refractivity contribution >= 4 is 50.1 Å². The van der Waals surface area contributed by atoms with Gasteiger partial charge in [-0.25, -0.2) is 4.98 Å². The van der Waals surface area contributed by atoms with Gasteiger partial charge >= 0.3 is 0 Å². The van der Waals surface area contributed by atoms with Gasteiger partial charge in [0.15, 0.2) is 0 Å². The molecule has 132 valence electrons. The molecule has 0 radical (unpaired) electrons. The quantitative estimate of drug-likeness (QED) is 0.440. The number of aromatic amines is 2. The molecule has 0 saturated carbocycles. The summed E-state index contributed by atoms with van der Waals surface area (Å²) in [4.78, 5) is 27.1. The number of nitrogens with one attached hydrogen (secondary N) is 3. The summed E-state index contributed by atoms with van der Waals surface area (Å²) >= 11 is 6.08. The van der Waals surface area contributed by atoms with Crippen LogP contribution < -0.4 is 10.9 Å². The summed E-state index contributed by atoms with van der Waals surface area (Å²) in [5.74, 6) is 0.715. The molecule has 0 saturated heterocycles. The Morgan fingerprint density at radius 1 is 1.07 bits per heavy atom. The van der Waals surface area contributed by atoms with Crippen molar-refractivity contribution in [1.82, 2.24) is 19.9 Å². The smallest absolute Gasteiger partial charge is 0.272 e. The molecular weight excluding hydrogens is 362 g/mol. The Morgan fingerprint density at radius 2 is 2.00 bits per heavy atom. The average molecular weight is 376 g/mol. The second-order valence-electron chi connectivity index (χ2n) is 6.31. The van der Waals surface area contributed by atoms with E-state index in [2.05, 4.69) is 20.3 Å². The third-order valence-corrected chi connectivity index (χ3v) is 4.86. The molecule has 0 unspecified atom stereocenters. The van der Waals surface area contributed by atoms with Gasteiger partial charge in [0.25, 0.3) is 5.56 Å². The van der Waals surface area contributed by atoms with Crippen molar-refractivity contribution < 1.29 is 0 Å². The predicted molar refractivity (Wildman–Crippen MR) is 108 cm³/mol. The lowest BCUT2D eigenvalue weighted by Crippen LogP contribution is -2.03. The van der Waals surface area contributed by atoms with Crippen LogP contribution in [0.15, 0.2) is 59.8 Å². The van der Waals surface area contributed by atoms with Crippen molar-refractivity contribution in [3.05, 3.63) is 75.9 Å². The molecule has 0 aliphatic heterocycles. The highest BCUT2D eigenvalue weighted by molar-refractivity contribution is 6.30. The van der Waals surface area contributed by atoms with Crippen LogP contribution in [-0.4, -0.2) is 19.9 Å². The number of fused-ring (bicyclic) bond motifs is 5. The third-order valence-electron chi connectivity index (χ3n) is 4.62. The van der Waals surface area contributed by atoms with E-state index in [9.17, 15) is 4.79 Å². The zero-order valence-corrected chi connectivity index (χ0v) is 14.8. The fourth-order valence-corrected chi connectivity index (χ4v) is 3.58. The Bertz CT molecular complexity index is 1370. The first-order valence-electron chi connectivity index (χ1n) is 8.46. The van der Waals surface area contributed by atoms with Gasteiger partial charge in [-0.1, -0.05) is 23.7 Å². The SMILES string of the molecule is O=c1[nH]ccc2c1[nH]c1c3ccncc3c(NCc3cccc(Cl)c3)nc21. The van der Waals surface area contributed by atoms with Crippen molar-refractivity contribution in [1.29, 1.82) is 0 Å². The number of halogens is 1. The van der Waals surface area contributed by atoms with Crippen LogP contribution in [0.1, 0.15) is 5.56 Å². The molecule has 5 rings (SSSR count). The molecule has 3 N–H and O–H groups in total. The highest BCUT2D eigenvalue weighted by atomic mass is 35.5. The fraction of sp³-hybridized carbons (Fsp3) is 0.0500. The van der Waals surface area contributed by atoms with E-state index in [1.54, 1.807) is 18.6 Å². The van der Waals surface area contributed by atoms with E-state index in [0.29, 0.717) is 22.9 Å². The highest BCUT2D eigenvalue weighted by Gasteiger charge is 2.14. The van der Waals surface area contributed by atoms with E-state index in [4.69, 9.17) is 16.6 Å². The van der Waals surface area contributed by atoms with Gasteiger partial charge in [0.05, 0.1) is 11.0 Å². The summed E-state index contributed by atoms with van der Waals surface area (Å²) in [6.07, 6.45) is 5.14. The molecule has 4 aromatic heterocycles. The number of benzene rings is 1. The van der Waals surface area contributed by atoms with Gasteiger partial charge in [0.1, 0.15) is 11.3 Å². The zero-order chi connectivity index (χ0) is 18.4. The Morgan fingerprint density at radius 3 is 2.89 bits per heavy atom. The van der Waals surface area contributed by atoms with Gasteiger partial charge in [0.2, 0.25) is 0 Å². The van der Waals surface area contributed by atoms with Crippen LogP contribution in [0.2, 0.25) is 5.02 Å². The third kappa shape index (κ3) is 2.62. The number of hydrogen-bond donors (Lipinski definition) is 3. The maximum atomic E-state index is 12.2. The molecule has 4 heterocycles. The maximum Gasteiger partial charge on any atom is 0.272 e. The summed E-state index contributed by atoms with van der Waals surface area (Å²) in [5, 5.41) is 6.71. The van der Waals surface area contributed by atoms with Crippen molar-refractivity contribution in [2.45, 2.75) is 6.54 Å².